The monoisotopic (exact) mass is 561 g/mol. The maximum absolute atomic E-state index is 14.5. The zero-order chi connectivity index (χ0) is 28.6. The number of nitrogens with zero attached hydrogens (tertiary/aromatic N) is 5. The largest absolute Gasteiger partial charge is 0.335 e. The predicted octanol–water partition coefficient (Wildman–Crippen LogP) is 5.61. The van der Waals surface area contributed by atoms with E-state index in [0.717, 1.165) is 53.3 Å². The van der Waals surface area contributed by atoms with Crippen LogP contribution in [0.15, 0.2) is 61.3 Å². The lowest BCUT2D eigenvalue weighted by molar-refractivity contribution is -0.119. The lowest BCUT2D eigenvalue weighted by Crippen LogP contribution is -2.20. The number of rotatable bonds is 7. The second-order valence-corrected chi connectivity index (χ2v) is 10.7. The van der Waals surface area contributed by atoms with Gasteiger partial charge in [-0.05, 0) is 61.3 Å². The molecule has 0 saturated heterocycles. The summed E-state index contributed by atoms with van der Waals surface area (Å²) >= 11 is 0. The van der Waals surface area contributed by atoms with Crippen molar-refractivity contribution >= 4 is 33.7 Å². The number of pyridine rings is 3. The van der Waals surface area contributed by atoms with Gasteiger partial charge in [-0.3, -0.25) is 19.9 Å². The summed E-state index contributed by atoms with van der Waals surface area (Å²) in [6.45, 7) is 0.542. The van der Waals surface area contributed by atoms with Gasteiger partial charge in [0.05, 0.1) is 34.5 Å². The van der Waals surface area contributed by atoms with E-state index in [0.29, 0.717) is 46.0 Å². The number of nitrogens with one attached hydrogen (secondary N) is 4. The molecular formula is C31H28FN9O. The van der Waals surface area contributed by atoms with Crippen molar-refractivity contribution in [2.45, 2.75) is 32.2 Å². The summed E-state index contributed by atoms with van der Waals surface area (Å²) in [6, 6.07) is 8.82. The van der Waals surface area contributed by atoms with Crippen molar-refractivity contribution < 1.29 is 9.18 Å². The number of aromatic nitrogens is 7. The van der Waals surface area contributed by atoms with Crippen molar-refractivity contribution in [3.05, 3.63) is 72.7 Å². The first-order valence-electron chi connectivity index (χ1n) is 13.9. The van der Waals surface area contributed by atoms with Crippen LogP contribution in [-0.2, 0) is 11.3 Å². The number of fused-ring (bicyclic) bond motifs is 2. The number of hydrogen-bond acceptors (Lipinski definition) is 7. The molecule has 1 aliphatic rings. The number of amides is 1. The molecule has 1 amide bonds. The highest BCUT2D eigenvalue weighted by atomic mass is 19.1. The molecule has 0 spiro atoms. The van der Waals surface area contributed by atoms with E-state index in [1.165, 1.54) is 12.1 Å². The first-order chi connectivity index (χ1) is 20.6. The van der Waals surface area contributed by atoms with E-state index in [1.54, 1.807) is 31.0 Å². The molecule has 210 valence electrons. The fourth-order valence-electron chi connectivity index (χ4n) is 5.71. The quantitative estimate of drug-likeness (QED) is 0.199. The third-order valence-corrected chi connectivity index (χ3v) is 7.76. The normalized spacial score (nSPS) is 13.8. The lowest BCUT2D eigenvalue weighted by Gasteiger charge is -2.11. The average molecular weight is 562 g/mol. The SMILES string of the molecule is CNCc1cc(F)cc(-c2cncc3[nH]c(-c4[nH]nc5ncc(-c6cncc(NC(=O)C7CCCC7)c6)cc45)nc23)c1. The van der Waals surface area contributed by atoms with Crippen molar-refractivity contribution in [2.75, 3.05) is 12.4 Å². The molecule has 1 aliphatic carbocycles. The molecule has 0 unspecified atom stereocenters. The second kappa shape index (κ2) is 10.7. The molecule has 1 aromatic carbocycles. The summed E-state index contributed by atoms with van der Waals surface area (Å²) in [4.78, 5) is 34.2. The fourth-order valence-corrected chi connectivity index (χ4v) is 5.71. The van der Waals surface area contributed by atoms with E-state index in [9.17, 15) is 9.18 Å². The van der Waals surface area contributed by atoms with E-state index < -0.39 is 0 Å². The average Bonchev–Trinajstić information content (AvgIpc) is 3.76. The Kier molecular flexibility index (Phi) is 6.63. The van der Waals surface area contributed by atoms with E-state index in [2.05, 4.69) is 40.8 Å². The van der Waals surface area contributed by atoms with Crippen LogP contribution in [-0.4, -0.2) is 48.1 Å². The highest BCUT2D eigenvalue weighted by Gasteiger charge is 2.23. The van der Waals surface area contributed by atoms with Crippen LogP contribution < -0.4 is 10.6 Å². The van der Waals surface area contributed by atoms with E-state index >= 15 is 0 Å². The molecule has 7 rings (SSSR count). The lowest BCUT2D eigenvalue weighted by atomic mass is 10.0. The number of hydrogen-bond donors (Lipinski definition) is 4. The van der Waals surface area contributed by atoms with Crippen molar-refractivity contribution in [3.63, 3.8) is 0 Å². The maximum atomic E-state index is 14.5. The Bertz CT molecular complexity index is 1940. The van der Waals surface area contributed by atoms with Gasteiger partial charge in [0.15, 0.2) is 11.5 Å². The van der Waals surface area contributed by atoms with Crippen LogP contribution in [0.2, 0.25) is 0 Å². The molecule has 1 saturated carbocycles. The van der Waals surface area contributed by atoms with Crippen molar-refractivity contribution in [2.24, 2.45) is 5.92 Å². The second-order valence-electron chi connectivity index (χ2n) is 10.7. The number of carbonyl (C=O) groups excluding carboxylic acids is 1. The molecule has 0 atom stereocenters. The Morgan fingerprint density at radius 2 is 1.81 bits per heavy atom. The molecule has 4 N–H and O–H groups in total. The number of carbonyl (C=O) groups is 1. The number of anilines is 1. The van der Waals surface area contributed by atoms with Gasteiger partial charge in [0.1, 0.15) is 11.5 Å². The van der Waals surface area contributed by atoms with Crippen LogP contribution in [0.1, 0.15) is 31.2 Å². The van der Waals surface area contributed by atoms with Gasteiger partial charge in [0.25, 0.3) is 0 Å². The molecule has 11 heteroatoms. The molecule has 1 fully saturated rings. The molecule has 6 aromatic rings. The molecule has 42 heavy (non-hydrogen) atoms. The van der Waals surface area contributed by atoms with Gasteiger partial charge >= 0.3 is 0 Å². The number of aromatic amines is 2. The summed E-state index contributed by atoms with van der Waals surface area (Å²) in [7, 11) is 1.82. The van der Waals surface area contributed by atoms with Crippen LogP contribution in [0, 0.1) is 11.7 Å². The maximum Gasteiger partial charge on any atom is 0.227 e. The van der Waals surface area contributed by atoms with Crippen LogP contribution in [0.4, 0.5) is 10.1 Å². The Morgan fingerprint density at radius 1 is 0.976 bits per heavy atom. The zero-order valence-electron chi connectivity index (χ0n) is 22.9. The van der Waals surface area contributed by atoms with Crippen molar-refractivity contribution in [1.82, 2.24) is 40.4 Å². The smallest absolute Gasteiger partial charge is 0.227 e. The van der Waals surface area contributed by atoms with Crippen molar-refractivity contribution in [3.8, 4) is 33.8 Å². The summed E-state index contributed by atoms with van der Waals surface area (Å²) in [6.07, 6.45) is 12.6. The summed E-state index contributed by atoms with van der Waals surface area (Å²) in [5, 5.41) is 14.3. The van der Waals surface area contributed by atoms with Crippen LogP contribution >= 0.6 is 0 Å². The molecule has 5 aromatic heterocycles. The summed E-state index contributed by atoms with van der Waals surface area (Å²) < 4.78 is 14.5. The first kappa shape index (κ1) is 25.9. The van der Waals surface area contributed by atoms with Gasteiger partial charge in [0, 0.05) is 47.7 Å². The van der Waals surface area contributed by atoms with E-state index in [-0.39, 0.29) is 17.6 Å². The number of benzene rings is 1. The minimum absolute atomic E-state index is 0.0485. The molecule has 0 bridgehead atoms. The zero-order valence-corrected chi connectivity index (χ0v) is 22.9. The molecule has 5 heterocycles. The van der Waals surface area contributed by atoms with Gasteiger partial charge in [-0.2, -0.15) is 5.10 Å². The number of imidazole rings is 1. The van der Waals surface area contributed by atoms with Crippen LogP contribution in [0.25, 0.3) is 55.8 Å². The van der Waals surface area contributed by atoms with E-state index in [4.69, 9.17) is 4.98 Å². The molecular weight excluding hydrogens is 533 g/mol. The van der Waals surface area contributed by atoms with Crippen LogP contribution in [0.3, 0.4) is 0 Å². The minimum Gasteiger partial charge on any atom is -0.335 e. The molecule has 0 radical (unpaired) electrons. The van der Waals surface area contributed by atoms with Gasteiger partial charge < -0.3 is 15.6 Å². The first-order valence-corrected chi connectivity index (χ1v) is 13.9. The predicted molar refractivity (Wildman–Crippen MR) is 159 cm³/mol. The number of H-pyrrole nitrogens is 2. The summed E-state index contributed by atoms with van der Waals surface area (Å²) in [5.74, 6) is 0.354. The Morgan fingerprint density at radius 3 is 2.67 bits per heavy atom. The highest BCUT2D eigenvalue weighted by molar-refractivity contribution is 5.97. The highest BCUT2D eigenvalue weighted by Crippen LogP contribution is 2.33. The van der Waals surface area contributed by atoms with Gasteiger partial charge in [-0.15, -0.1) is 0 Å². The Labute approximate surface area is 240 Å². The topological polar surface area (TPSA) is 137 Å². The molecule has 0 aliphatic heterocycles. The van der Waals surface area contributed by atoms with Gasteiger partial charge in [-0.1, -0.05) is 12.8 Å². The fraction of sp³-hybridized carbons (Fsp3) is 0.226. The minimum atomic E-state index is -0.319. The summed E-state index contributed by atoms with van der Waals surface area (Å²) in [5.41, 5.74) is 7.12. The Hall–Kier alpha value is -5.03. The standard InChI is InChI=1S/C31H28FN9O/c1-33-11-17-6-19(8-22(32)7-17)25-15-35-16-26-27(25)39-30(38-26)28-24-10-21(13-36-29(24)41-40-28)20-9-23(14-34-12-20)37-31(42)18-4-2-3-5-18/h6-10,12-16,18,33H,2-5,11H2,1H3,(H,37,42)(H,38,39)(H,36,40,41). The third kappa shape index (κ3) is 4.88. The van der Waals surface area contributed by atoms with Gasteiger partial charge in [-0.25, -0.2) is 14.4 Å². The third-order valence-electron chi connectivity index (χ3n) is 7.76. The van der Waals surface area contributed by atoms with E-state index in [1.807, 2.05) is 25.2 Å². The van der Waals surface area contributed by atoms with Crippen LogP contribution in [0.5, 0.6) is 0 Å². The van der Waals surface area contributed by atoms with Gasteiger partial charge in [0.2, 0.25) is 5.91 Å². The number of halogens is 1. The van der Waals surface area contributed by atoms with Crippen molar-refractivity contribution in [1.29, 1.82) is 0 Å². The Balaban J connectivity index is 1.24. The molecule has 10 nitrogen and oxygen atoms in total.